The van der Waals surface area contributed by atoms with Crippen molar-refractivity contribution in [1.29, 1.82) is 0 Å². The van der Waals surface area contributed by atoms with Crippen LogP contribution in [0.2, 0.25) is 0 Å². The molecule has 4 heterocycles. The van der Waals surface area contributed by atoms with E-state index in [0.717, 1.165) is 38.5 Å². The van der Waals surface area contributed by atoms with Crippen LogP contribution in [0.1, 0.15) is 63.4 Å². The lowest BCUT2D eigenvalue weighted by atomic mass is 9.91. The van der Waals surface area contributed by atoms with Crippen molar-refractivity contribution >= 4 is 34.8 Å². The van der Waals surface area contributed by atoms with E-state index in [4.69, 9.17) is 15.2 Å². The number of carbonyl (C=O) groups is 3. The number of nitrogens with zero attached hydrogens (tertiary/aromatic N) is 5. The van der Waals surface area contributed by atoms with Gasteiger partial charge in [0, 0.05) is 38.4 Å². The second-order valence-corrected chi connectivity index (χ2v) is 11.3. The molecule has 2 aromatic rings. The Labute approximate surface area is 230 Å². The maximum Gasteiger partial charge on any atom is 0.410 e. The number of hydrogen-bond donors (Lipinski definition) is 4. The van der Waals surface area contributed by atoms with E-state index in [0.29, 0.717) is 55.3 Å². The predicted octanol–water partition coefficient (Wildman–Crippen LogP) is 0.209. The highest BCUT2D eigenvalue weighted by Gasteiger charge is 2.48. The van der Waals surface area contributed by atoms with Crippen molar-refractivity contribution in [3.63, 3.8) is 0 Å². The fraction of sp³-hybridized carbons (Fsp3) is 0.692. The molecule has 40 heavy (non-hydrogen) atoms. The highest BCUT2D eigenvalue weighted by molar-refractivity contribution is 5.86. The number of aliphatic hydroxyl groups excluding tert-OH is 2. The standard InChI is InChI=1S/C26H35N7O7/c27-22-18-23(33(12-28-18)25-20(36)19(35)21(40-25)24(37)29-14-4-5-14)31-17(30-22)3-1-2-13-6-8-32(9-7-13)26(38)39-16-10-15(34)11-16/h12-14,16,19-21,25,35-36H,1-11H2,(H,29,37)(H2,27,30,31)/t19?,20-,21-,25+/m0/s1. The molecule has 4 fully saturated rings. The van der Waals surface area contributed by atoms with Gasteiger partial charge in [0.15, 0.2) is 23.8 Å². The predicted molar refractivity (Wildman–Crippen MR) is 139 cm³/mol. The van der Waals surface area contributed by atoms with E-state index >= 15 is 0 Å². The van der Waals surface area contributed by atoms with Crippen molar-refractivity contribution in [1.82, 2.24) is 29.7 Å². The molecule has 14 nitrogen and oxygen atoms in total. The van der Waals surface area contributed by atoms with Crippen molar-refractivity contribution in [3.8, 4) is 0 Å². The molecule has 1 unspecified atom stereocenters. The van der Waals surface area contributed by atoms with Crippen LogP contribution in [0.15, 0.2) is 6.33 Å². The summed E-state index contributed by atoms with van der Waals surface area (Å²) in [5.41, 5.74) is 6.89. The summed E-state index contributed by atoms with van der Waals surface area (Å²) < 4.78 is 12.7. The number of fused-ring (bicyclic) bond motifs is 1. The number of nitrogens with two attached hydrogens (primary N) is 1. The molecule has 0 spiro atoms. The Hall–Kier alpha value is -3.36. The number of Topliss-reactive ketones (excluding diaryl/α,β-unsaturated/α-hetero) is 1. The Morgan fingerprint density at radius 3 is 2.58 bits per heavy atom. The largest absolute Gasteiger partial charge is 0.445 e. The van der Waals surface area contributed by atoms with E-state index in [9.17, 15) is 24.6 Å². The number of aryl methyl sites for hydroxylation is 1. The average molecular weight is 558 g/mol. The zero-order chi connectivity index (χ0) is 28.0. The minimum absolute atomic E-state index is 0.0951. The van der Waals surface area contributed by atoms with Crippen molar-refractivity contribution in [2.24, 2.45) is 5.92 Å². The monoisotopic (exact) mass is 557 g/mol. The maximum absolute atomic E-state index is 12.5. The number of rotatable bonds is 8. The Balaban J connectivity index is 1.03. The number of ketones is 1. The van der Waals surface area contributed by atoms with Gasteiger partial charge in [0.25, 0.3) is 5.91 Å². The van der Waals surface area contributed by atoms with Gasteiger partial charge >= 0.3 is 6.09 Å². The van der Waals surface area contributed by atoms with Crippen LogP contribution >= 0.6 is 0 Å². The van der Waals surface area contributed by atoms with Crippen LogP contribution in [0.3, 0.4) is 0 Å². The molecular formula is C26H35N7O7. The number of ether oxygens (including phenoxy) is 2. The molecule has 0 radical (unpaired) electrons. The van der Waals surface area contributed by atoms with Crippen LogP contribution in [-0.2, 0) is 25.5 Å². The minimum Gasteiger partial charge on any atom is -0.445 e. The molecule has 2 aliphatic heterocycles. The van der Waals surface area contributed by atoms with Crippen LogP contribution in [-0.4, -0.2) is 96.0 Å². The Morgan fingerprint density at radius 1 is 1.12 bits per heavy atom. The molecule has 0 bridgehead atoms. The molecule has 216 valence electrons. The average Bonchev–Trinajstić information content (AvgIpc) is 3.55. The zero-order valence-electron chi connectivity index (χ0n) is 22.1. The molecule has 4 atom stereocenters. The third-order valence-electron chi connectivity index (χ3n) is 8.25. The summed E-state index contributed by atoms with van der Waals surface area (Å²) in [6.45, 7) is 1.27. The first-order valence-corrected chi connectivity index (χ1v) is 14.0. The number of aromatic nitrogens is 4. The van der Waals surface area contributed by atoms with Gasteiger partial charge in [-0.3, -0.25) is 14.2 Å². The van der Waals surface area contributed by atoms with Crippen LogP contribution in [0, 0.1) is 5.92 Å². The van der Waals surface area contributed by atoms with Gasteiger partial charge < -0.3 is 35.6 Å². The number of amides is 2. The van der Waals surface area contributed by atoms with Crippen LogP contribution in [0.5, 0.6) is 0 Å². The highest BCUT2D eigenvalue weighted by Crippen LogP contribution is 2.33. The summed E-state index contributed by atoms with van der Waals surface area (Å²) in [7, 11) is 0. The van der Waals surface area contributed by atoms with Crippen LogP contribution in [0.4, 0.5) is 10.6 Å². The fourth-order valence-corrected chi connectivity index (χ4v) is 5.60. The molecule has 6 rings (SSSR count). The lowest BCUT2D eigenvalue weighted by molar-refractivity contribution is -0.137. The molecule has 2 saturated heterocycles. The van der Waals surface area contributed by atoms with Crippen molar-refractivity contribution in [3.05, 3.63) is 12.2 Å². The first-order chi connectivity index (χ1) is 19.3. The van der Waals surface area contributed by atoms with Gasteiger partial charge in [0.05, 0.1) is 6.33 Å². The number of piperidine rings is 1. The number of anilines is 1. The quantitative estimate of drug-likeness (QED) is 0.346. The zero-order valence-corrected chi connectivity index (χ0v) is 22.1. The van der Waals surface area contributed by atoms with Crippen molar-refractivity contribution in [2.45, 2.75) is 94.5 Å². The number of imidazole rings is 1. The van der Waals surface area contributed by atoms with Crippen LogP contribution in [0.25, 0.3) is 11.2 Å². The van der Waals surface area contributed by atoms with Gasteiger partial charge in [-0.2, -0.15) is 0 Å². The third-order valence-corrected chi connectivity index (χ3v) is 8.25. The summed E-state index contributed by atoms with van der Waals surface area (Å²) in [5, 5.41) is 24.0. The van der Waals surface area contributed by atoms with Crippen molar-refractivity contribution < 1.29 is 34.1 Å². The number of likely N-dealkylation sites (tertiary alicyclic amines) is 1. The first-order valence-electron chi connectivity index (χ1n) is 14.0. The number of nitrogens with one attached hydrogen (secondary N) is 1. The van der Waals surface area contributed by atoms with E-state index in [1.54, 1.807) is 4.90 Å². The molecule has 5 N–H and O–H groups in total. The highest BCUT2D eigenvalue weighted by atomic mass is 16.6. The van der Waals surface area contributed by atoms with E-state index in [1.165, 1.54) is 10.9 Å². The number of aliphatic hydroxyl groups is 2. The van der Waals surface area contributed by atoms with Gasteiger partial charge in [0.2, 0.25) is 0 Å². The summed E-state index contributed by atoms with van der Waals surface area (Å²) in [6, 6.07) is 0.0951. The summed E-state index contributed by atoms with van der Waals surface area (Å²) in [4.78, 5) is 50.9. The molecule has 4 aliphatic rings. The van der Waals surface area contributed by atoms with E-state index in [1.807, 2.05) is 0 Å². The molecule has 2 aliphatic carbocycles. The normalized spacial score (nSPS) is 27.6. The lowest BCUT2D eigenvalue weighted by Crippen LogP contribution is -2.43. The van der Waals surface area contributed by atoms with Crippen molar-refractivity contribution in [2.75, 3.05) is 18.8 Å². The molecule has 14 heteroatoms. The summed E-state index contributed by atoms with van der Waals surface area (Å²) >= 11 is 0. The minimum atomic E-state index is -1.39. The number of nitrogen functional groups attached to an aromatic ring is 1. The van der Waals surface area contributed by atoms with Gasteiger partial charge in [-0.1, -0.05) is 0 Å². The number of carbonyl (C=O) groups excluding carboxylic acids is 3. The summed E-state index contributed by atoms with van der Waals surface area (Å²) in [6.07, 6.45) is 2.36. The Bertz CT molecular complexity index is 1280. The van der Waals surface area contributed by atoms with Gasteiger partial charge in [0.1, 0.15) is 35.4 Å². The fourth-order valence-electron chi connectivity index (χ4n) is 5.60. The van der Waals surface area contributed by atoms with Crippen LogP contribution < -0.4 is 11.1 Å². The van der Waals surface area contributed by atoms with E-state index < -0.39 is 30.4 Å². The van der Waals surface area contributed by atoms with Gasteiger partial charge in [-0.15, -0.1) is 0 Å². The van der Waals surface area contributed by atoms with E-state index in [2.05, 4.69) is 20.3 Å². The second kappa shape index (κ2) is 10.9. The Morgan fingerprint density at radius 2 is 1.88 bits per heavy atom. The lowest BCUT2D eigenvalue weighted by Gasteiger charge is -2.33. The summed E-state index contributed by atoms with van der Waals surface area (Å²) in [5.74, 6) is 0.876. The smallest absolute Gasteiger partial charge is 0.410 e. The second-order valence-electron chi connectivity index (χ2n) is 11.3. The Kier molecular flexibility index (Phi) is 7.31. The van der Waals surface area contributed by atoms with Gasteiger partial charge in [-0.25, -0.2) is 19.7 Å². The SMILES string of the molecule is Nc1nc(CCCC2CCN(C(=O)OC3CC(=O)C3)CC2)nc2c1ncn2[C@@H]1O[C@H](C(=O)NC2CC2)C(O)[C@@H]1O. The molecule has 2 saturated carbocycles. The molecule has 0 aromatic carbocycles. The van der Waals surface area contributed by atoms with Gasteiger partial charge in [-0.05, 0) is 44.4 Å². The molecule has 2 amide bonds. The topological polar surface area (TPSA) is 195 Å². The molecular weight excluding hydrogens is 522 g/mol. The number of hydrogen-bond acceptors (Lipinski definition) is 11. The third kappa shape index (κ3) is 5.47. The maximum atomic E-state index is 12.5. The van der Waals surface area contributed by atoms with E-state index in [-0.39, 0.29) is 29.8 Å². The first kappa shape index (κ1) is 26.8. The molecule has 2 aromatic heterocycles.